The number of aromatic nitrogens is 3. The van der Waals surface area contributed by atoms with Crippen LogP contribution in [-0.4, -0.2) is 62.8 Å². The van der Waals surface area contributed by atoms with E-state index in [-0.39, 0.29) is 12.2 Å². The molecule has 1 aliphatic heterocycles. The summed E-state index contributed by atoms with van der Waals surface area (Å²) in [7, 11) is 1.99. The summed E-state index contributed by atoms with van der Waals surface area (Å²) >= 11 is 0. The molecule has 0 amide bonds. The number of hydrogen-bond acceptors (Lipinski definition) is 7. The van der Waals surface area contributed by atoms with E-state index in [0.29, 0.717) is 17.2 Å². The summed E-state index contributed by atoms with van der Waals surface area (Å²) in [4.78, 5) is 25.8. The number of imidazole rings is 1. The third-order valence-corrected chi connectivity index (χ3v) is 7.36. The number of fused-ring (bicyclic) bond motifs is 1. The molecule has 0 saturated carbocycles. The molecule has 0 atom stereocenters. The number of carbonyl (C=O) groups excluding carboxylic acids is 1. The highest BCUT2D eigenvalue weighted by Gasteiger charge is 2.17. The minimum Gasteiger partial charge on any atom is -0.457 e. The van der Waals surface area contributed by atoms with Crippen molar-refractivity contribution in [2.75, 3.05) is 38.0 Å². The first kappa shape index (κ1) is 26.6. The highest BCUT2D eigenvalue weighted by atomic mass is 16.5. The molecule has 2 aromatic heterocycles. The van der Waals surface area contributed by atoms with Crippen molar-refractivity contribution in [3.63, 3.8) is 0 Å². The smallest absolute Gasteiger partial charge is 0.208 e. The van der Waals surface area contributed by atoms with Crippen molar-refractivity contribution in [1.82, 2.24) is 24.3 Å². The number of allylic oxidation sites excluding steroid dienone is 1. The molecule has 0 bridgehead atoms. The van der Waals surface area contributed by atoms with Crippen molar-refractivity contribution in [3.8, 4) is 11.5 Å². The number of pyridine rings is 1. The van der Waals surface area contributed by atoms with Crippen LogP contribution in [0.5, 0.6) is 11.5 Å². The van der Waals surface area contributed by atoms with Crippen LogP contribution in [0.3, 0.4) is 0 Å². The summed E-state index contributed by atoms with van der Waals surface area (Å²) in [5.74, 6) is 1.99. The van der Waals surface area contributed by atoms with Crippen LogP contribution in [0, 0.1) is 6.92 Å². The first-order chi connectivity index (χ1) is 18.9. The van der Waals surface area contributed by atoms with Crippen LogP contribution in [0.4, 0.5) is 11.6 Å². The molecule has 0 unspecified atom stereocenters. The second-order valence-corrected chi connectivity index (χ2v) is 10.1. The number of benzene rings is 2. The number of aryl methyl sites for hydroxylation is 2. The summed E-state index contributed by atoms with van der Waals surface area (Å²) in [6, 6.07) is 15.9. The Morgan fingerprint density at radius 2 is 1.82 bits per heavy atom. The lowest BCUT2D eigenvalue weighted by Gasteiger charge is -2.34. The quantitative estimate of drug-likeness (QED) is 0.284. The van der Waals surface area contributed by atoms with Gasteiger partial charge in [0, 0.05) is 63.8 Å². The average Bonchev–Trinajstić information content (AvgIpc) is 3.25. The Morgan fingerprint density at radius 3 is 2.56 bits per heavy atom. The maximum Gasteiger partial charge on any atom is 0.208 e. The zero-order valence-corrected chi connectivity index (χ0v) is 23.0. The van der Waals surface area contributed by atoms with Gasteiger partial charge in [-0.2, -0.15) is 0 Å². The van der Waals surface area contributed by atoms with E-state index in [2.05, 4.69) is 58.7 Å². The van der Waals surface area contributed by atoms with Gasteiger partial charge in [0.25, 0.3) is 0 Å². The fourth-order valence-electron chi connectivity index (χ4n) is 4.93. The maximum atomic E-state index is 11.7. The number of anilines is 2. The molecule has 3 heterocycles. The van der Waals surface area contributed by atoms with Crippen molar-refractivity contribution in [1.29, 1.82) is 0 Å². The zero-order chi connectivity index (χ0) is 27.4. The van der Waals surface area contributed by atoms with Crippen molar-refractivity contribution in [3.05, 3.63) is 84.2 Å². The van der Waals surface area contributed by atoms with E-state index in [0.717, 1.165) is 61.9 Å². The van der Waals surface area contributed by atoms with Gasteiger partial charge in [-0.15, -0.1) is 0 Å². The van der Waals surface area contributed by atoms with Crippen LogP contribution in [0.25, 0.3) is 11.0 Å². The number of nitrogens with one attached hydrogen (secondary N) is 1. The van der Waals surface area contributed by atoms with E-state index >= 15 is 0 Å². The molecule has 1 fully saturated rings. The molecular formula is C31H36N6O2. The first-order valence-electron chi connectivity index (χ1n) is 13.5. The number of ether oxygens (including phenoxy) is 1. The number of carbonyl (C=O) groups is 1. The maximum absolute atomic E-state index is 11.7. The Labute approximate surface area is 229 Å². The van der Waals surface area contributed by atoms with Gasteiger partial charge in [0.05, 0.1) is 23.1 Å². The molecule has 202 valence electrons. The second kappa shape index (κ2) is 11.8. The molecule has 1 aliphatic rings. The van der Waals surface area contributed by atoms with Crippen LogP contribution >= 0.6 is 0 Å². The standard InChI is InChI=1S/C31H36N6O2/c1-5-26(38)18-25-19-28(11-12-32-25)39-27-9-10-29-30(20-27)35(4)31(34-29)33-24-8-7-23(22(3)17-24)21-37-15-13-36(6-2)14-16-37/h5,7-12,17,19-20H,1,6,13-16,18,21H2,2-4H3,(H,33,34). The number of rotatable bonds is 10. The number of piperazine rings is 1. The third-order valence-electron chi connectivity index (χ3n) is 7.36. The Bertz CT molecular complexity index is 1490. The predicted molar refractivity (Wildman–Crippen MR) is 156 cm³/mol. The first-order valence-corrected chi connectivity index (χ1v) is 13.5. The van der Waals surface area contributed by atoms with E-state index in [1.54, 1.807) is 18.3 Å². The summed E-state index contributed by atoms with van der Waals surface area (Å²) < 4.78 is 8.11. The van der Waals surface area contributed by atoms with Gasteiger partial charge in [0.15, 0.2) is 5.78 Å². The van der Waals surface area contributed by atoms with Crippen molar-refractivity contribution in [2.45, 2.75) is 26.8 Å². The zero-order valence-electron chi connectivity index (χ0n) is 23.0. The highest BCUT2D eigenvalue weighted by molar-refractivity contribution is 5.90. The van der Waals surface area contributed by atoms with Crippen molar-refractivity contribution in [2.24, 2.45) is 7.05 Å². The number of ketones is 1. The molecule has 5 rings (SSSR count). The topological polar surface area (TPSA) is 75.5 Å². The number of likely N-dealkylation sites (N-methyl/N-ethyl adjacent to an activating group) is 1. The molecule has 1 saturated heterocycles. The van der Waals surface area contributed by atoms with Crippen LogP contribution in [0.1, 0.15) is 23.7 Å². The fraction of sp³-hybridized carbons (Fsp3) is 0.323. The molecule has 2 aromatic carbocycles. The lowest BCUT2D eigenvalue weighted by Crippen LogP contribution is -2.45. The van der Waals surface area contributed by atoms with E-state index in [4.69, 9.17) is 9.72 Å². The largest absolute Gasteiger partial charge is 0.457 e. The minimum absolute atomic E-state index is 0.0775. The van der Waals surface area contributed by atoms with Gasteiger partial charge < -0.3 is 19.5 Å². The van der Waals surface area contributed by atoms with Gasteiger partial charge in [-0.25, -0.2) is 4.98 Å². The molecule has 1 N–H and O–H groups in total. The number of hydrogen-bond donors (Lipinski definition) is 1. The Balaban J connectivity index is 1.27. The Morgan fingerprint density at radius 1 is 1.05 bits per heavy atom. The van der Waals surface area contributed by atoms with E-state index in [1.165, 1.54) is 17.2 Å². The summed E-state index contributed by atoms with van der Waals surface area (Å²) in [6.07, 6.45) is 3.15. The van der Waals surface area contributed by atoms with Gasteiger partial charge in [0.1, 0.15) is 11.5 Å². The van der Waals surface area contributed by atoms with E-state index < -0.39 is 0 Å². The number of nitrogens with zero attached hydrogens (tertiary/aromatic N) is 5. The fourth-order valence-corrected chi connectivity index (χ4v) is 4.93. The monoisotopic (exact) mass is 524 g/mol. The highest BCUT2D eigenvalue weighted by Crippen LogP contribution is 2.29. The summed E-state index contributed by atoms with van der Waals surface area (Å²) in [5.41, 5.74) is 6.13. The average molecular weight is 525 g/mol. The van der Waals surface area contributed by atoms with Gasteiger partial charge in [-0.3, -0.25) is 14.7 Å². The van der Waals surface area contributed by atoms with Crippen LogP contribution in [-0.2, 0) is 24.8 Å². The molecule has 0 spiro atoms. The molecule has 0 aliphatic carbocycles. The molecular weight excluding hydrogens is 488 g/mol. The minimum atomic E-state index is -0.0775. The molecule has 8 heteroatoms. The van der Waals surface area contributed by atoms with Gasteiger partial charge in [-0.1, -0.05) is 19.6 Å². The lowest BCUT2D eigenvalue weighted by atomic mass is 10.1. The lowest BCUT2D eigenvalue weighted by molar-refractivity contribution is -0.114. The second-order valence-electron chi connectivity index (χ2n) is 10.1. The summed E-state index contributed by atoms with van der Waals surface area (Å²) in [5, 5.41) is 3.49. The molecule has 39 heavy (non-hydrogen) atoms. The Hall–Kier alpha value is -4.01. The third kappa shape index (κ3) is 6.35. The Kier molecular flexibility index (Phi) is 8.05. The van der Waals surface area contributed by atoms with E-state index in [9.17, 15) is 4.79 Å². The molecule has 0 radical (unpaired) electrons. The van der Waals surface area contributed by atoms with Crippen molar-refractivity contribution >= 4 is 28.5 Å². The van der Waals surface area contributed by atoms with Crippen LogP contribution in [0.2, 0.25) is 0 Å². The predicted octanol–water partition coefficient (Wildman–Crippen LogP) is 5.25. The summed E-state index contributed by atoms with van der Waals surface area (Å²) in [6.45, 7) is 14.6. The van der Waals surface area contributed by atoms with Crippen LogP contribution in [0.15, 0.2) is 67.4 Å². The van der Waals surface area contributed by atoms with Gasteiger partial charge in [0.2, 0.25) is 5.95 Å². The molecule has 8 nitrogen and oxygen atoms in total. The SMILES string of the molecule is C=CC(=O)Cc1cc(Oc2ccc3nc(Nc4ccc(CN5CCN(CC)CC5)c(C)c4)n(C)c3c2)ccn1. The van der Waals surface area contributed by atoms with Gasteiger partial charge in [-0.05, 0) is 61.0 Å². The van der Waals surface area contributed by atoms with Crippen molar-refractivity contribution < 1.29 is 9.53 Å². The normalized spacial score (nSPS) is 14.4. The van der Waals surface area contributed by atoms with Crippen LogP contribution < -0.4 is 10.1 Å². The molecule has 4 aromatic rings. The van der Waals surface area contributed by atoms with E-state index in [1.807, 2.05) is 29.8 Å². The van der Waals surface area contributed by atoms with Gasteiger partial charge >= 0.3 is 0 Å².